The summed E-state index contributed by atoms with van der Waals surface area (Å²) >= 11 is 0. The lowest BCUT2D eigenvalue weighted by Crippen LogP contribution is -2.20. The monoisotopic (exact) mass is 440 g/mol. The number of nitrogens with one attached hydrogen (secondary N) is 1. The molecule has 9 heteroatoms. The normalized spacial score (nSPS) is 8.33. The van der Waals surface area contributed by atoms with Crippen LogP contribution >= 0.6 is 0 Å². The molecule has 164 valence electrons. The molecule has 0 unspecified atom stereocenters. The number of carbonyl (C=O) groups is 1. The molecular formula is C24H20N6O3. The molecule has 0 saturated heterocycles. The molecule has 2 aromatic rings. The maximum atomic E-state index is 11.8. The number of aromatic nitrogens is 3. The van der Waals surface area contributed by atoms with Gasteiger partial charge in [-0.15, -0.1) is 5.73 Å². The van der Waals surface area contributed by atoms with E-state index in [1.54, 1.807) is 31.2 Å². The van der Waals surface area contributed by atoms with Gasteiger partial charge in [0.05, 0.1) is 12.3 Å². The van der Waals surface area contributed by atoms with Crippen LogP contribution in [0.2, 0.25) is 0 Å². The number of hydrazone groups is 1. The van der Waals surface area contributed by atoms with Crippen LogP contribution in [-0.2, 0) is 6.54 Å². The summed E-state index contributed by atoms with van der Waals surface area (Å²) in [6, 6.07) is 8.64. The molecule has 0 bridgehead atoms. The number of hydrogen-bond donors (Lipinski definition) is 1. The lowest BCUT2D eigenvalue weighted by Gasteiger charge is -2.01. The molecule has 0 aliphatic rings. The fourth-order valence-electron chi connectivity index (χ4n) is 1.70. The molecule has 0 aliphatic heterocycles. The highest BCUT2D eigenvalue weighted by Crippen LogP contribution is 2.00. The van der Waals surface area contributed by atoms with Crippen LogP contribution < -0.4 is 5.43 Å². The summed E-state index contributed by atoms with van der Waals surface area (Å²) in [5, 5.41) is 18.0. The predicted molar refractivity (Wildman–Crippen MR) is 124 cm³/mol. The van der Waals surface area contributed by atoms with Gasteiger partial charge < -0.3 is 10.1 Å². The van der Waals surface area contributed by atoms with Gasteiger partial charge in [-0.25, -0.2) is 5.43 Å². The molecule has 9 nitrogen and oxygen atoms in total. The second-order valence-corrected chi connectivity index (χ2v) is 5.38. The first kappa shape index (κ1) is 27.6. The van der Waals surface area contributed by atoms with Crippen LogP contribution in [0.1, 0.15) is 17.3 Å². The van der Waals surface area contributed by atoms with E-state index in [0.29, 0.717) is 11.3 Å². The molecular weight excluding hydrogens is 420 g/mol. The Balaban J connectivity index is 0.000000715. The van der Waals surface area contributed by atoms with Gasteiger partial charge in [0, 0.05) is 10.7 Å². The van der Waals surface area contributed by atoms with E-state index < -0.39 is 10.9 Å². The zero-order valence-corrected chi connectivity index (χ0v) is 18.0. The molecule has 0 spiro atoms. The first-order chi connectivity index (χ1) is 15.9. The Labute approximate surface area is 190 Å². The molecule has 33 heavy (non-hydrogen) atoms. The van der Waals surface area contributed by atoms with Gasteiger partial charge in [0.2, 0.25) is 6.33 Å². The summed E-state index contributed by atoms with van der Waals surface area (Å²) in [5.41, 5.74) is 22.6. The smallest absolute Gasteiger partial charge is 0.390 e. The van der Waals surface area contributed by atoms with Crippen LogP contribution in [0, 0.1) is 10.1 Å². The minimum absolute atomic E-state index is 0.190. The minimum atomic E-state index is -0.680. The molecule has 1 amide bonds. The number of hydrogen-bond acceptors (Lipinski definition) is 6. The summed E-state index contributed by atoms with van der Waals surface area (Å²) in [4.78, 5) is 25.0. The molecule has 1 aromatic carbocycles. The van der Waals surface area contributed by atoms with Crippen molar-refractivity contribution in [2.75, 3.05) is 0 Å². The highest BCUT2D eigenvalue weighted by Gasteiger charge is 2.13. The molecule has 0 atom stereocenters. The number of benzene rings is 1. The summed E-state index contributed by atoms with van der Waals surface area (Å²) in [6.45, 7) is 14.6. The van der Waals surface area contributed by atoms with E-state index in [9.17, 15) is 14.9 Å². The quantitative estimate of drug-likeness (QED) is 0.328. The molecule has 0 radical (unpaired) electrons. The standard InChI is InChI=1S/C12H12N6O3.C9H4.C3H4/c1-9(7-17-8-13-12(16-17)18(20)21)14-15-11(19)10-5-3-2-4-6-10;1-3-5-7-9-8-6-4-2;1-3-2/h2-6,8H,7H2,1H3,(H,15,19);1-2H2;1-2H2/b14-9+;;. The van der Waals surface area contributed by atoms with Gasteiger partial charge in [-0.2, -0.15) is 9.78 Å². The van der Waals surface area contributed by atoms with E-state index in [1.165, 1.54) is 11.0 Å². The number of nitrogens with zero attached hydrogens (tertiary/aromatic N) is 5. The minimum Gasteiger partial charge on any atom is -0.390 e. The van der Waals surface area contributed by atoms with Crippen molar-refractivity contribution in [2.24, 2.45) is 5.10 Å². The van der Waals surface area contributed by atoms with Crippen LogP contribution in [0.5, 0.6) is 0 Å². The maximum absolute atomic E-state index is 11.8. The summed E-state index contributed by atoms with van der Waals surface area (Å²) in [5.74, 6) is -0.810. The van der Waals surface area contributed by atoms with E-state index in [2.05, 4.69) is 92.8 Å². The second-order valence-electron chi connectivity index (χ2n) is 5.38. The van der Waals surface area contributed by atoms with Gasteiger partial charge in [-0.3, -0.25) is 4.79 Å². The zero-order valence-electron chi connectivity index (χ0n) is 18.0. The average Bonchev–Trinajstić information content (AvgIpc) is 3.28. The summed E-state index contributed by atoms with van der Waals surface area (Å²) in [7, 11) is 0. The fourth-order valence-corrected chi connectivity index (χ4v) is 1.70. The lowest BCUT2D eigenvalue weighted by atomic mass is 10.2. The van der Waals surface area contributed by atoms with Gasteiger partial charge >= 0.3 is 5.95 Å². The van der Waals surface area contributed by atoms with Crippen molar-refractivity contribution in [1.82, 2.24) is 20.2 Å². The lowest BCUT2D eigenvalue weighted by molar-refractivity contribution is -0.394. The molecule has 1 N–H and O–H groups in total. The van der Waals surface area contributed by atoms with Gasteiger partial charge in [-0.05, 0) is 65.8 Å². The molecule has 2 rings (SSSR count). The van der Waals surface area contributed by atoms with Crippen molar-refractivity contribution >= 4 is 17.6 Å². The summed E-state index contributed by atoms with van der Waals surface area (Å²) in [6.07, 6.45) is 1.23. The van der Waals surface area contributed by atoms with Crippen molar-refractivity contribution in [2.45, 2.75) is 13.5 Å². The molecule has 1 heterocycles. The first-order valence-electron chi connectivity index (χ1n) is 8.90. The second kappa shape index (κ2) is 17.5. The van der Waals surface area contributed by atoms with E-state index in [0.717, 1.165) is 0 Å². The van der Waals surface area contributed by atoms with Crippen LogP contribution in [0.4, 0.5) is 5.95 Å². The van der Waals surface area contributed by atoms with E-state index >= 15 is 0 Å². The Kier molecular flexibility index (Phi) is 14.6. The van der Waals surface area contributed by atoms with Crippen molar-refractivity contribution in [3.05, 3.63) is 125 Å². The third kappa shape index (κ3) is 13.5. The third-order valence-corrected chi connectivity index (χ3v) is 2.89. The van der Waals surface area contributed by atoms with E-state index in [4.69, 9.17) is 0 Å². The van der Waals surface area contributed by atoms with Crippen LogP contribution in [0.3, 0.4) is 0 Å². The average molecular weight is 440 g/mol. The highest BCUT2D eigenvalue weighted by atomic mass is 16.6. The third-order valence-electron chi connectivity index (χ3n) is 2.89. The summed E-state index contributed by atoms with van der Waals surface area (Å²) < 4.78 is 1.27. The van der Waals surface area contributed by atoms with Crippen molar-refractivity contribution < 1.29 is 9.72 Å². The topological polar surface area (TPSA) is 115 Å². The zero-order chi connectivity index (χ0) is 24.9. The first-order valence-corrected chi connectivity index (χ1v) is 8.90. The molecule has 0 saturated carbocycles. The van der Waals surface area contributed by atoms with Crippen LogP contribution in [-0.4, -0.2) is 31.3 Å². The Morgan fingerprint density at radius 2 is 1.64 bits per heavy atom. The number of nitro groups is 1. The Morgan fingerprint density at radius 1 is 1.09 bits per heavy atom. The molecule has 0 fully saturated rings. The Morgan fingerprint density at radius 3 is 2.12 bits per heavy atom. The fraction of sp³-hybridized carbons (Fsp3) is 0.0833. The van der Waals surface area contributed by atoms with E-state index in [-0.39, 0.29) is 12.5 Å². The number of carbonyl (C=O) groups excluding carboxylic acids is 1. The van der Waals surface area contributed by atoms with Crippen LogP contribution in [0.25, 0.3) is 0 Å². The van der Waals surface area contributed by atoms with Gasteiger partial charge in [-0.1, -0.05) is 47.8 Å². The molecule has 1 aromatic heterocycles. The highest BCUT2D eigenvalue weighted by molar-refractivity contribution is 5.95. The SMILES string of the molecule is C/C(Cn1cnc([N+](=O)[O-])n1)=N\NC(=O)c1ccccc1.C=C=C.C=C=C=C=C=C=C=C=C. The Bertz CT molecular complexity index is 1240. The predicted octanol–water partition coefficient (Wildman–Crippen LogP) is 3.84. The van der Waals surface area contributed by atoms with E-state index in [1.807, 2.05) is 6.07 Å². The molecule has 0 aliphatic carbocycles. The van der Waals surface area contributed by atoms with Gasteiger partial charge in [0.1, 0.15) is 0 Å². The maximum Gasteiger partial charge on any atom is 0.490 e. The van der Waals surface area contributed by atoms with Crippen molar-refractivity contribution in [3.8, 4) is 0 Å². The van der Waals surface area contributed by atoms with Gasteiger partial charge in [0.25, 0.3) is 5.91 Å². The van der Waals surface area contributed by atoms with Crippen molar-refractivity contribution in [1.29, 1.82) is 0 Å². The van der Waals surface area contributed by atoms with Gasteiger partial charge in [0.15, 0.2) is 0 Å². The number of amides is 1. The Hall–Kier alpha value is -5.38. The van der Waals surface area contributed by atoms with Crippen molar-refractivity contribution in [3.63, 3.8) is 0 Å². The van der Waals surface area contributed by atoms with Crippen LogP contribution in [0.15, 0.2) is 114 Å². The largest absolute Gasteiger partial charge is 0.490 e. The number of rotatable bonds is 5.